The number of rotatable bonds is 10. The Morgan fingerprint density at radius 1 is 0.929 bits per heavy atom. The minimum absolute atomic E-state index is 0.0244. The van der Waals surface area contributed by atoms with Crippen molar-refractivity contribution in [3.05, 3.63) is 71.5 Å². The number of aromatic nitrogens is 4. The molecule has 0 atom stereocenters. The second-order valence-electron chi connectivity index (χ2n) is 9.83. The van der Waals surface area contributed by atoms with Gasteiger partial charge in [0.15, 0.2) is 5.82 Å². The van der Waals surface area contributed by atoms with Crippen molar-refractivity contribution in [1.29, 1.82) is 0 Å². The number of halogens is 4. The van der Waals surface area contributed by atoms with Crippen molar-refractivity contribution in [2.45, 2.75) is 37.6 Å². The maximum atomic E-state index is 14.0. The fourth-order valence-corrected chi connectivity index (χ4v) is 6.11. The Hall–Kier alpha value is -3.85. The van der Waals surface area contributed by atoms with E-state index in [-0.39, 0.29) is 41.4 Å². The summed E-state index contributed by atoms with van der Waals surface area (Å²) in [6, 6.07) is 13.0. The molecule has 0 bridgehead atoms. The molecule has 0 unspecified atom stereocenters. The summed E-state index contributed by atoms with van der Waals surface area (Å²) in [7, 11) is -2.60. The maximum absolute atomic E-state index is 14.0. The molecule has 0 saturated carbocycles. The molecule has 15 heteroatoms. The summed E-state index contributed by atoms with van der Waals surface area (Å²) >= 11 is 3.24. The minimum atomic E-state index is -4.87. The van der Waals surface area contributed by atoms with Crippen LogP contribution in [-0.4, -0.2) is 53.3 Å². The molecule has 0 aliphatic heterocycles. The van der Waals surface area contributed by atoms with Gasteiger partial charge in [-0.2, -0.15) is 0 Å². The van der Waals surface area contributed by atoms with Crippen LogP contribution < -0.4 is 18.5 Å². The van der Waals surface area contributed by atoms with Gasteiger partial charge in [-0.25, -0.2) is 27.4 Å². The fraction of sp³-hybridized carbons (Fsp3) is 0.296. The molecule has 2 aromatic carbocycles. The molecule has 10 nitrogen and oxygen atoms in total. The lowest BCUT2D eigenvalue weighted by atomic mass is 10.1. The zero-order valence-electron chi connectivity index (χ0n) is 23.0. The summed E-state index contributed by atoms with van der Waals surface area (Å²) in [6.07, 6.45) is -1.83. The number of nitrogens with zero attached hydrogens (tertiary/aromatic N) is 5. The van der Waals surface area contributed by atoms with E-state index in [1.807, 2.05) is 0 Å². The van der Waals surface area contributed by atoms with Gasteiger partial charge in [0.25, 0.3) is 10.0 Å². The molecule has 2 heterocycles. The second-order valence-corrected chi connectivity index (χ2v) is 12.5. The van der Waals surface area contributed by atoms with E-state index < -0.39 is 27.7 Å². The Morgan fingerprint density at radius 3 is 2.10 bits per heavy atom. The van der Waals surface area contributed by atoms with E-state index in [9.17, 15) is 21.6 Å². The van der Waals surface area contributed by atoms with Gasteiger partial charge in [0.05, 0.1) is 14.9 Å². The SMILES string of the molecule is Cn1nc(OCCOc2ncc(Br)cn2)c(-c2ccc(OC(F)(F)F)cc2)c1N(C(C)(C)C)S(=O)(=O)c1ccccc1. The highest BCUT2D eigenvalue weighted by molar-refractivity contribution is 9.10. The topological polar surface area (TPSA) is 109 Å². The number of hydrogen-bond donors (Lipinski definition) is 0. The van der Waals surface area contributed by atoms with Gasteiger partial charge in [-0.3, -0.25) is 0 Å². The lowest BCUT2D eigenvalue weighted by molar-refractivity contribution is -0.274. The van der Waals surface area contributed by atoms with Crippen LogP contribution in [0.5, 0.6) is 17.6 Å². The highest BCUT2D eigenvalue weighted by atomic mass is 79.9. The molecule has 42 heavy (non-hydrogen) atoms. The first kappa shape index (κ1) is 31.1. The third-order valence-electron chi connectivity index (χ3n) is 5.59. The third kappa shape index (κ3) is 7.31. The quantitative estimate of drug-likeness (QED) is 0.190. The first-order chi connectivity index (χ1) is 19.7. The van der Waals surface area contributed by atoms with Gasteiger partial charge in [-0.05, 0) is 66.5 Å². The second kappa shape index (κ2) is 12.2. The molecule has 0 saturated heterocycles. The van der Waals surface area contributed by atoms with E-state index in [1.165, 1.54) is 45.6 Å². The molecule has 0 spiro atoms. The summed E-state index contributed by atoms with van der Waals surface area (Å²) in [6.45, 7) is 5.15. The Balaban J connectivity index is 1.77. The summed E-state index contributed by atoms with van der Waals surface area (Å²) in [5.41, 5.74) is -0.418. The highest BCUT2D eigenvalue weighted by Gasteiger charge is 2.40. The summed E-state index contributed by atoms with van der Waals surface area (Å²) in [5, 5.41) is 4.45. The van der Waals surface area contributed by atoms with Crippen LogP contribution >= 0.6 is 15.9 Å². The van der Waals surface area contributed by atoms with E-state index in [4.69, 9.17) is 9.47 Å². The minimum Gasteiger partial charge on any atom is -0.472 e. The summed E-state index contributed by atoms with van der Waals surface area (Å²) < 4.78 is 85.2. The van der Waals surface area contributed by atoms with Gasteiger partial charge in [-0.15, -0.1) is 18.3 Å². The van der Waals surface area contributed by atoms with Crippen LogP contribution in [0.25, 0.3) is 11.1 Å². The molecule has 4 rings (SSSR count). The molecule has 0 radical (unpaired) electrons. The Morgan fingerprint density at radius 2 is 1.52 bits per heavy atom. The Kier molecular flexibility index (Phi) is 9.01. The van der Waals surface area contributed by atoms with Crippen molar-refractivity contribution >= 4 is 31.8 Å². The van der Waals surface area contributed by atoms with Gasteiger partial charge in [0.1, 0.15) is 19.0 Å². The van der Waals surface area contributed by atoms with Crippen LogP contribution in [0, 0.1) is 0 Å². The normalized spacial score (nSPS) is 12.2. The number of ether oxygens (including phenoxy) is 3. The molecule has 2 aromatic heterocycles. The highest BCUT2D eigenvalue weighted by Crippen LogP contribution is 2.44. The van der Waals surface area contributed by atoms with Crippen molar-refractivity contribution in [3.63, 3.8) is 0 Å². The predicted molar refractivity (Wildman–Crippen MR) is 152 cm³/mol. The van der Waals surface area contributed by atoms with Gasteiger partial charge < -0.3 is 14.2 Å². The molecule has 224 valence electrons. The van der Waals surface area contributed by atoms with E-state index in [2.05, 4.69) is 35.7 Å². The average molecular weight is 671 g/mol. The van der Waals surface area contributed by atoms with Crippen molar-refractivity contribution in [3.8, 4) is 28.8 Å². The van der Waals surface area contributed by atoms with Crippen molar-refractivity contribution < 1.29 is 35.8 Å². The van der Waals surface area contributed by atoms with Crippen molar-refractivity contribution in [1.82, 2.24) is 19.7 Å². The lowest BCUT2D eigenvalue weighted by Crippen LogP contribution is -2.47. The van der Waals surface area contributed by atoms with E-state index in [1.54, 1.807) is 46.0 Å². The largest absolute Gasteiger partial charge is 0.573 e. The fourth-order valence-electron chi connectivity index (χ4n) is 4.04. The number of benzene rings is 2. The molecule has 0 aliphatic rings. The van der Waals surface area contributed by atoms with Crippen LogP contribution in [0.1, 0.15) is 20.8 Å². The maximum Gasteiger partial charge on any atom is 0.573 e. The van der Waals surface area contributed by atoms with Crippen LogP contribution in [0.3, 0.4) is 0 Å². The van der Waals surface area contributed by atoms with E-state index in [0.29, 0.717) is 10.0 Å². The molecular weight excluding hydrogens is 643 g/mol. The Bertz CT molecular complexity index is 1610. The van der Waals surface area contributed by atoms with Crippen molar-refractivity contribution in [2.24, 2.45) is 7.05 Å². The van der Waals surface area contributed by atoms with E-state index >= 15 is 0 Å². The monoisotopic (exact) mass is 669 g/mol. The van der Waals surface area contributed by atoms with Crippen molar-refractivity contribution in [2.75, 3.05) is 17.5 Å². The van der Waals surface area contributed by atoms with Crippen LogP contribution in [0.15, 0.2) is 76.4 Å². The van der Waals surface area contributed by atoms with Crippen LogP contribution in [-0.2, 0) is 17.1 Å². The molecule has 0 amide bonds. The summed E-state index contributed by atoms with van der Waals surface area (Å²) in [4.78, 5) is 8.10. The zero-order valence-corrected chi connectivity index (χ0v) is 25.4. The third-order valence-corrected chi connectivity index (χ3v) is 8.07. The number of sulfonamides is 1. The molecule has 0 aliphatic carbocycles. The number of aryl methyl sites for hydroxylation is 1. The smallest absolute Gasteiger partial charge is 0.472 e. The molecule has 0 fully saturated rings. The molecule has 4 aromatic rings. The average Bonchev–Trinajstić information content (AvgIpc) is 3.21. The molecule has 0 N–H and O–H groups in total. The first-order valence-corrected chi connectivity index (χ1v) is 14.7. The van der Waals surface area contributed by atoms with Gasteiger partial charge in [0.2, 0.25) is 5.88 Å². The standard InChI is InChI=1S/C27H27BrF3N5O5S/c1-26(2,3)36(42(37,38)21-8-6-5-7-9-21)24-22(18-10-12-20(13-11-18)41-27(29,30)31)23(34-35(24)4)39-14-15-40-25-32-16-19(28)17-33-25/h5-13,16-17H,14-15H2,1-4H3. The van der Waals surface area contributed by atoms with Gasteiger partial charge in [0, 0.05) is 25.0 Å². The van der Waals surface area contributed by atoms with Crippen LogP contribution in [0.2, 0.25) is 0 Å². The number of alkyl halides is 3. The number of anilines is 1. The van der Waals surface area contributed by atoms with Crippen LogP contribution in [0.4, 0.5) is 19.0 Å². The number of hydrogen-bond acceptors (Lipinski definition) is 8. The Labute approximate surface area is 249 Å². The van der Waals surface area contributed by atoms with Gasteiger partial charge >= 0.3 is 12.4 Å². The lowest BCUT2D eigenvalue weighted by Gasteiger charge is -2.36. The van der Waals surface area contributed by atoms with E-state index in [0.717, 1.165) is 12.1 Å². The molecular formula is C27H27BrF3N5O5S. The summed E-state index contributed by atoms with van der Waals surface area (Å²) in [5.74, 6) is -0.260. The first-order valence-electron chi connectivity index (χ1n) is 12.4. The van der Waals surface area contributed by atoms with Gasteiger partial charge in [-0.1, -0.05) is 30.3 Å². The predicted octanol–water partition coefficient (Wildman–Crippen LogP) is 5.99. The zero-order chi connectivity index (χ0) is 30.7.